The molecule has 2 aliphatic rings. The first kappa shape index (κ1) is 10.7. The van der Waals surface area contributed by atoms with Crippen LogP contribution >= 0.6 is 11.6 Å². The number of hydrogen-bond acceptors (Lipinski definition) is 0. The second kappa shape index (κ2) is 4.41. The number of alkyl halides is 1. The molecule has 0 N–H and O–H groups in total. The summed E-state index contributed by atoms with van der Waals surface area (Å²) in [5.41, 5.74) is 1.53. The molecule has 0 heterocycles. The molecule has 0 aromatic heterocycles. The van der Waals surface area contributed by atoms with Crippen molar-refractivity contribution >= 4 is 11.6 Å². The van der Waals surface area contributed by atoms with E-state index in [0.717, 1.165) is 17.8 Å². The molecule has 1 aromatic carbocycles. The Morgan fingerprint density at radius 2 is 1.94 bits per heavy atom. The van der Waals surface area contributed by atoms with E-state index < -0.39 is 0 Å². The summed E-state index contributed by atoms with van der Waals surface area (Å²) >= 11 is 6.34. The molecule has 86 valence electrons. The maximum atomic E-state index is 6.34. The molecular weight excluding hydrogens is 216 g/mol. The zero-order valence-corrected chi connectivity index (χ0v) is 10.4. The van der Waals surface area contributed by atoms with Gasteiger partial charge in [-0.1, -0.05) is 30.3 Å². The predicted octanol–water partition coefficient (Wildman–Crippen LogP) is 4.59. The van der Waals surface area contributed by atoms with Gasteiger partial charge in [-0.15, -0.1) is 11.6 Å². The maximum Gasteiger partial charge on any atom is 0.0364 e. The van der Waals surface area contributed by atoms with Gasteiger partial charge >= 0.3 is 0 Å². The van der Waals surface area contributed by atoms with Crippen molar-refractivity contribution in [3.05, 3.63) is 35.9 Å². The molecule has 0 nitrogen and oxygen atoms in total. The summed E-state index contributed by atoms with van der Waals surface area (Å²) in [6, 6.07) is 10.9. The largest absolute Gasteiger partial charge is 0.123 e. The highest BCUT2D eigenvalue weighted by Crippen LogP contribution is 2.51. The molecule has 2 fully saturated rings. The van der Waals surface area contributed by atoms with Gasteiger partial charge in [0.05, 0.1) is 0 Å². The molecule has 1 heteroatoms. The highest BCUT2D eigenvalue weighted by Gasteiger charge is 2.39. The average molecular weight is 235 g/mol. The summed E-state index contributed by atoms with van der Waals surface area (Å²) in [4.78, 5) is 0. The zero-order valence-electron chi connectivity index (χ0n) is 9.61. The van der Waals surface area contributed by atoms with E-state index in [9.17, 15) is 0 Å². The van der Waals surface area contributed by atoms with E-state index in [1.165, 1.54) is 37.7 Å². The Morgan fingerprint density at radius 1 is 1.19 bits per heavy atom. The molecule has 3 atom stereocenters. The number of benzene rings is 1. The number of rotatable bonds is 5. The molecular formula is C15H19Cl. The predicted molar refractivity (Wildman–Crippen MR) is 68.9 cm³/mol. The Balaban J connectivity index is 1.45. The standard InChI is InChI=1S/C15H19Cl/c16-15(12-6-7-12)9-8-13-10-14(13)11-4-2-1-3-5-11/h1-5,12-15H,6-10H2. The van der Waals surface area contributed by atoms with E-state index >= 15 is 0 Å². The molecule has 16 heavy (non-hydrogen) atoms. The van der Waals surface area contributed by atoms with Crippen molar-refractivity contribution in [3.8, 4) is 0 Å². The third-order valence-corrected chi connectivity index (χ3v) is 4.67. The molecule has 0 bridgehead atoms. The monoisotopic (exact) mass is 234 g/mol. The van der Waals surface area contributed by atoms with Gasteiger partial charge in [0.2, 0.25) is 0 Å². The minimum absolute atomic E-state index is 0.469. The van der Waals surface area contributed by atoms with Crippen molar-refractivity contribution in [3.63, 3.8) is 0 Å². The highest BCUT2D eigenvalue weighted by molar-refractivity contribution is 6.20. The van der Waals surface area contributed by atoms with Crippen LogP contribution < -0.4 is 0 Å². The normalized spacial score (nSPS) is 30.1. The third-order valence-electron chi connectivity index (χ3n) is 4.10. The SMILES string of the molecule is ClC(CCC1CC1c1ccccc1)C1CC1. The van der Waals surface area contributed by atoms with E-state index in [1.54, 1.807) is 0 Å². The van der Waals surface area contributed by atoms with Crippen LogP contribution in [0.1, 0.15) is 43.6 Å². The zero-order chi connectivity index (χ0) is 11.0. The lowest BCUT2D eigenvalue weighted by atomic mass is 10.1. The first-order valence-electron chi connectivity index (χ1n) is 6.53. The Bertz CT molecular complexity index is 342. The van der Waals surface area contributed by atoms with Gasteiger partial charge in [0.1, 0.15) is 0 Å². The van der Waals surface area contributed by atoms with Gasteiger partial charge in [-0.05, 0) is 55.4 Å². The van der Waals surface area contributed by atoms with Crippen LogP contribution in [0.2, 0.25) is 0 Å². The van der Waals surface area contributed by atoms with Gasteiger partial charge in [0.15, 0.2) is 0 Å². The molecule has 2 saturated carbocycles. The summed E-state index contributed by atoms with van der Waals surface area (Å²) in [5, 5.41) is 0.469. The van der Waals surface area contributed by atoms with Gasteiger partial charge in [-0.3, -0.25) is 0 Å². The molecule has 3 rings (SSSR count). The van der Waals surface area contributed by atoms with Crippen LogP contribution in [-0.4, -0.2) is 5.38 Å². The van der Waals surface area contributed by atoms with Crippen molar-refractivity contribution in [1.82, 2.24) is 0 Å². The third kappa shape index (κ3) is 2.43. The van der Waals surface area contributed by atoms with Gasteiger partial charge < -0.3 is 0 Å². The van der Waals surface area contributed by atoms with Crippen LogP contribution in [0.15, 0.2) is 30.3 Å². The first-order chi connectivity index (χ1) is 7.84. The Hall–Kier alpha value is -0.490. The second-order valence-corrected chi connectivity index (χ2v) is 6.00. The lowest BCUT2D eigenvalue weighted by Gasteiger charge is -2.06. The van der Waals surface area contributed by atoms with Crippen molar-refractivity contribution in [2.75, 3.05) is 0 Å². The van der Waals surface area contributed by atoms with Gasteiger partial charge in [0, 0.05) is 5.38 Å². The summed E-state index contributed by atoms with van der Waals surface area (Å²) < 4.78 is 0. The van der Waals surface area contributed by atoms with Crippen LogP contribution in [0, 0.1) is 11.8 Å². The van der Waals surface area contributed by atoms with Gasteiger partial charge in [0.25, 0.3) is 0 Å². The molecule has 0 aliphatic heterocycles. The molecule has 0 saturated heterocycles. The van der Waals surface area contributed by atoms with Crippen LogP contribution in [0.4, 0.5) is 0 Å². The average Bonchev–Trinajstić information content (AvgIpc) is 3.18. The minimum atomic E-state index is 0.469. The summed E-state index contributed by atoms with van der Waals surface area (Å²) in [6.07, 6.45) is 6.71. The molecule has 3 unspecified atom stereocenters. The molecule has 2 aliphatic carbocycles. The van der Waals surface area contributed by atoms with Crippen molar-refractivity contribution in [1.29, 1.82) is 0 Å². The molecule has 0 radical (unpaired) electrons. The van der Waals surface area contributed by atoms with Gasteiger partial charge in [-0.2, -0.15) is 0 Å². The molecule has 0 amide bonds. The minimum Gasteiger partial charge on any atom is -0.123 e. The van der Waals surface area contributed by atoms with E-state index in [1.807, 2.05) is 0 Å². The summed E-state index contributed by atoms with van der Waals surface area (Å²) in [6.45, 7) is 0. The van der Waals surface area contributed by atoms with Crippen molar-refractivity contribution in [2.45, 2.75) is 43.4 Å². The van der Waals surface area contributed by atoms with E-state index in [-0.39, 0.29) is 0 Å². The Labute approximate surface area is 103 Å². The fraction of sp³-hybridized carbons (Fsp3) is 0.600. The van der Waals surface area contributed by atoms with Crippen molar-refractivity contribution < 1.29 is 0 Å². The van der Waals surface area contributed by atoms with Crippen molar-refractivity contribution in [2.24, 2.45) is 11.8 Å². The lowest BCUT2D eigenvalue weighted by Crippen LogP contribution is -2.01. The lowest BCUT2D eigenvalue weighted by molar-refractivity contribution is 0.591. The van der Waals surface area contributed by atoms with Crippen LogP contribution in [0.5, 0.6) is 0 Å². The van der Waals surface area contributed by atoms with E-state index in [0.29, 0.717) is 5.38 Å². The van der Waals surface area contributed by atoms with E-state index in [2.05, 4.69) is 30.3 Å². The molecule has 1 aromatic rings. The first-order valence-corrected chi connectivity index (χ1v) is 6.97. The van der Waals surface area contributed by atoms with Crippen LogP contribution in [0.25, 0.3) is 0 Å². The number of halogens is 1. The Kier molecular flexibility index (Phi) is 2.93. The second-order valence-electron chi connectivity index (χ2n) is 5.44. The summed E-state index contributed by atoms with van der Waals surface area (Å²) in [5.74, 6) is 2.61. The topological polar surface area (TPSA) is 0 Å². The quantitative estimate of drug-likeness (QED) is 0.654. The summed E-state index contributed by atoms with van der Waals surface area (Å²) in [7, 11) is 0. The fourth-order valence-corrected chi connectivity index (χ4v) is 3.12. The number of hydrogen-bond donors (Lipinski definition) is 0. The fourth-order valence-electron chi connectivity index (χ4n) is 2.74. The van der Waals surface area contributed by atoms with Crippen LogP contribution in [0.3, 0.4) is 0 Å². The maximum absolute atomic E-state index is 6.34. The smallest absolute Gasteiger partial charge is 0.0364 e. The van der Waals surface area contributed by atoms with Gasteiger partial charge in [-0.25, -0.2) is 0 Å². The Morgan fingerprint density at radius 3 is 2.62 bits per heavy atom. The highest BCUT2D eigenvalue weighted by atomic mass is 35.5. The van der Waals surface area contributed by atoms with E-state index in [4.69, 9.17) is 11.6 Å². The molecule has 0 spiro atoms. The van der Waals surface area contributed by atoms with Crippen LogP contribution in [-0.2, 0) is 0 Å².